The minimum atomic E-state index is -0.278. The second-order valence-electron chi connectivity index (χ2n) is 8.73. The molecule has 188 valence electrons. The van der Waals surface area contributed by atoms with E-state index in [1.807, 2.05) is 48.5 Å². The molecule has 0 spiro atoms. The fraction of sp³-hybridized carbons (Fsp3) is 0.179. The predicted molar refractivity (Wildman–Crippen MR) is 150 cm³/mol. The Morgan fingerprint density at radius 3 is 2.68 bits per heavy atom. The molecule has 5 rings (SSSR count). The Bertz CT molecular complexity index is 1440. The molecule has 4 aromatic rings. The summed E-state index contributed by atoms with van der Waals surface area (Å²) in [5.41, 5.74) is 5.48. The zero-order chi connectivity index (χ0) is 25.9. The average molecular weight is 532 g/mol. The predicted octanol–water partition coefficient (Wildman–Crippen LogP) is 5.60. The van der Waals surface area contributed by atoms with Gasteiger partial charge in [0.1, 0.15) is 12.6 Å². The third-order valence-electron chi connectivity index (χ3n) is 6.34. The van der Waals surface area contributed by atoms with Crippen LogP contribution in [0.5, 0.6) is 0 Å². The molecule has 2 aromatic heterocycles. The van der Waals surface area contributed by atoms with Gasteiger partial charge in [-0.1, -0.05) is 35.9 Å². The Hall–Kier alpha value is -3.72. The van der Waals surface area contributed by atoms with Crippen LogP contribution in [-0.4, -0.2) is 34.3 Å². The third kappa shape index (κ3) is 4.96. The zero-order valence-corrected chi connectivity index (χ0v) is 22.0. The van der Waals surface area contributed by atoms with Crippen molar-refractivity contribution >= 4 is 46.2 Å². The number of aryl methyl sites for hydroxylation is 1. The Kier molecular flexibility index (Phi) is 7.23. The van der Waals surface area contributed by atoms with Gasteiger partial charge < -0.3 is 24.8 Å². The summed E-state index contributed by atoms with van der Waals surface area (Å²) in [6.07, 6.45) is 3.85. The number of rotatable bonds is 7. The topological polar surface area (TPSA) is 71.4 Å². The van der Waals surface area contributed by atoms with Crippen LogP contribution in [0.25, 0.3) is 5.69 Å². The number of methoxy groups -OCH3 is 1. The summed E-state index contributed by atoms with van der Waals surface area (Å²) in [5.74, 6) is -0.278. The number of aromatic nitrogens is 2. The van der Waals surface area contributed by atoms with Crippen molar-refractivity contribution in [2.24, 2.45) is 0 Å². The van der Waals surface area contributed by atoms with Crippen LogP contribution in [0, 0.1) is 6.92 Å². The molecule has 1 amide bonds. The quantitative estimate of drug-likeness (QED) is 0.303. The number of carbonyl (C=O) groups is 1. The van der Waals surface area contributed by atoms with Crippen LogP contribution >= 0.6 is 23.8 Å². The van der Waals surface area contributed by atoms with E-state index in [4.69, 9.17) is 28.6 Å². The Morgan fingerprint density at radius 1 is 1.14 bits per heavy atom. The van der Waals surface area contributed by atoms with E-state index in [0.717, 1.165) is 28.3 Å². The SMILES string of the molecule is COCC(=O)Nc1ccc(N2C(=S)N[C@H](c3ccccn3)[C@H]2c2cccn2-c2ccccc2C)cc1Cl. The van der Waals surface area contributed by atoms with E-state index in [9.17, 15) is 4.79 Å². The molecule has 2 N–H and O–H groups in total. The number of hydrogen-bond acceptors (Lipinski definition) is 4. The molecule has 0 saturated carbocycles. The molecule has 1 aliphatic heterocycles. The van der Waals surface area contributed by atoms with Crippen molar-refractivity contribution < 1.29 is 9.53 Å². The lowest BCUT2D eigenvalue weighted by Gasteiger charge is -2.29. The van der Waals surface area contributed by atoms with Crippen LogP contribution in [0.15, 0.2) is 85.2 Å². The summed E-state index contributed by atoms with van der Waals surface area (Å²) in [4.78, 5) is 18.7. The Labute approximate surface area is 226 Å². The normalized spacial score (nSPS) is 17.1. The molecule has 9 heteroatoms. The molecule has 2 aromatic carbocycles. The molecule has 1 aliphatic rings. The van der Waals surface area contributed by atoms with Gasteiger partial charge in [0.25, 0.3) is 0 Å². The van der Waals surface area contributed by atoms with Gasteiger partial charge in [-0.2, -0.15) is 0 Å². The van der Waals surface area contributed by atoms with Crippen LogP contribution in [-0.2, 0) is 9.53 Å². The third-order valence-corrected chi connectivity index (χ3v) is 6.96. The number of ether oxygens (including phenoxy) is 1. The van der Waals surface area contributed by atoms with Gasteiger partial charge in [-0.3, -0.25) is 9.78 Å². The largest absolute Gasteiger partial charge is 0.375 e. The van der Waals surface area contributed by atoms with Gasteiger partial charge in [0.15, 0.2) is 5.11 Å². The maximum absolute atomic E-state index is 12.0. The molecule has 1 fully saturated rings. The van der Waals surface area contributed by atoms with Gasteiger partial charge in [0.05, 0.1) is 22.4 Å². The lowest BCUT2D eigenvalue weighted by Crippen LogP contribution is -2.30. The van der Waals surface area contributed by atoms with Gasteiger partial charge in [-0.15, -0.1) is 0 Å². The van der Waals surface area contributed by atoms with E-state index in [0.29, 0.717) is 15.8 Å². The smallest absolute Gasteiger partial charge is 0.250 e. The van der Waals surface area contributed by atoms with Crippen molar-refractivity contribution in [3.8, 4) is 5.69 Å². The van der Waals surface area contributed by atoms with Crippen LogP contribution in [0.2, 0.25) is 5.02 Å². The first-order valence-corrected chi connectivity index (χ1v) is 12.6. The highest BCUT2D eigenvalue weighted by Crippen LogP contribution is 2.43. The van der Waals surface area contributed by atoms with Gasteiger partial charge >= 0.3 is 0 Å². The number of halogens is 1. The lowest BCUT2D eigenvalue weighted by atomic mass is 10.0. The molecule has 0 radical (unpaired) electrons. The minimum Gasteiger partial charge on any atom is -0.375 e. The van der Waals surface area contributed by atoms with Crippen molar-refractivity contribution in [1.82, 2.24) is 14.9 Å². The summed E-state index contributed by atoms with van der Waals surface area (Å²) in [6, 6.07) is 23.4. The van der Waals surface area contributed by atoms with Gasteiger partial charge in [-0.25, -0.2) is 0 Å². The highest BCUT2D eigenvalue weighted by molar-refractivity contribution is 7.80. The first kappa shape index (κ1) is 25.0. The van der Waals surface area contributed by atoms with Crippen molar-refractivity contribution in [3.05, 3.63) is 107 Å². The summed E-state index contributed by atoms with van der Waals surface area (Å²) in [6.45, 7) is 2.04. The van der Waals surface area contributed by atoms with Crippen LogP contribution in [0.1, 0.15) is 29.0 Å². The minimum absolute atomic E-state index is 0.0536. The van der Waals surface area contributed by atoms with Crippen molar-refractivity contribution in [2.75, 3.05) is 23.9 Å². The van der Waals surface area contributed by atoms with Crippen molar-refractivity contribution in [1.29, 1.82) is 0 Å². The van der Waals surface area contributed by atoms with Crippen LogP contribution in [0.4, 0.5) is 11.4 Å². The summed E-state index contributed by atoms with van der Waals surface area (Å²) in [7, 11) is 1.47. The van der Waals surface area contributed by atoms with E-state index < -0.39 is 0 Å². The Morgan fingerprint density at radius 2 is 1.95 bits per heavy atom. The van der Waals surface area contributed by atoms with E-state index in [-0.39, 0.29) is 24.6 Å². The number of para-hydroxylation sites is 1. The molecule has 3 heterocycles. The number of nitrogens with one attached hydrogen (secondary N) is 2. The number of pyridine rings is 1. The zero-order valence-electron chi connectivity index (χ0n) is 20.4. The molecule has 1 saturated heterocycles. The van der Waals surface area contributed by atoms with Gasteiger partial charge in [0.2, 0.25) is 5.91 Å². The van der Waals surface area contributed by atoms with Crippen LogP contribution in [0.3, 0.4) is 0 Å². The van der Waals surface area contributed by atoms with Gasteiger partial charge in [-0.05, 0) is 73.2 Å². The fourth-order valence-electron chi connectivity index (χ4n) is 4.69. The van der Waals surface area contributed by atoms with Gasteiger partial charge in [0, 0.05) is 36.6 Å². The lowest BCUT2D eigenvalue weighted by molar-refractivity contribution is -0.119. The number of anilines is 2. The molecule has 0 aliphatic carbocycles. The van der Waals surface area contributed by atoms with E-state index >= 15 is 0 Å². The van der Waals surface area contributed by atoms with E-state index in [1.165, 1.54) is 7.11 Å². The number of nitrogens with zero attached hydrogens (tertiary/aromatic N) is 3. The highest BCUT2D eigenvalue weighted by Gasteiger charge is 2.42. The molecule has 2 atom stereocenters. The van der Waals surface area contributed by atoms with Crippen LogP contribution < -0.4 is 15.5 Å². The maximum Gasteiger partial charge on any atom is 0.250 e. The Balaban J connectivity index is 1.60. The second kappa shape index (κ2) is 10.7. The van der Waals surface area contributed by atoms with Crippen molar-refractivity contribution in [2.45, 2.75) is 19.0 Å². The van der Waals surface area contributed by atoms with E-state index in [2.05, 4.69) is 56.4 Å². The number of amides is 1. The maximum atomic E-state index is 12.0. The molecule has 0 unspecified atom stereocenters. The highest BCUT2D eigenvalue weighted by atomic mass is 35.5. The molecule has 7 nitrogen and oxygen atoms in total. The summed E-state index contributed by atoms with van der Waals surface area (Å²) >= 11 is 12.5. The molecule has 37 heavy (non-hydrogen) atoms. The monoisotopic (exact) mass is 531 g/mol. The first-order chi connectivity index (χ1) is 18.0. The average Bonchev–Trinajstić information content (AvgIpc) is 3.50. The second-order valence-corrected chi connectivity index (χ2v) is 9.53. The first-order valence-electron chi connectivity index (χ1n) is 11.8. The number of hydrogen-bond donors (Lipinski definition) is 2. The number of carbonyl (C=O) groups excluding carboxylic acids is 1. The summed E-state index contributed by atoms with van der Waals surface area (Å²) in [5, 5.41) is 7.22. The standard InChI is InChI=1S/C28H26ClN5O2S/c1-18-8-3-4-10-23(18)33-15-7-11-24(33)27-26(22-9-5-6-14-30-22)32-28(37)34(27)19-12-13-21(20(29)16-19)31-25(35)17-36-2/h3-16,26-27H,17H2,1-2H3,(H,31,35)(H,32,37)/t26-,27-/m1/s1. The van der Waals surface area contributed by atoms with E-state index in [1.54, 1.807) is 12.3 Å². The van der Waals surface area contributed by atoms with Crippen molar-refractivity contribution in [3.63, 3.8) is 0 Å². The number of thiocarbonyl (C=S) groups is 1. The molecular formula is C28H26ClN5O2S. The fourth-order valence-corrected chi connectivity index (χ4v) is 5.26. The molecule has 0 bridgehead atoms. The molecular weight excluding hydrogens is 506 g/mol. The summed E-state index contributed by atoms with van der Waals surface area (Å²) < 4.78 is 7.10. The number of benzene rings is 2.